The number of amides is 2. The smallest absolute Gasteiger partial charge is 0.317 e. The van der Waals surface area contributed by atoms with Gasteiger partial charge in [0.1, 0.15) is 12.4 Å². The Labute approximate surface area is 158 Å². The van der Waals surface area contributed by atoms with Crippen molar-refractivity contribution >= 4 is 12.0 Å². The quantitative estimate of drug-likeness (QED) is 0.817. The van der Waals surface area contributed by atoms with E-state index in [4.69, 9.17) is 9.84 Å². The summed E-state index contributed by atoms with van der Waals surface area (Å²) in [6.07, 6.45) is 2.22. The monoisotopic (exact) mass is 369 g/mol. The van der Waals surface area contributed by atoms with Crippen molar-refractivity contribution in [3.8, 4) is 5.75 Å². The van der Waals surface area contributed by atoms with Crippen LogP contribution in [0, 0.1) is 5.92 Å². The maximum Gasteiger partial charge on any atom is 0.317 e. The Balaban J connectivity index is 1.56. The number of carboxylic acid groups (broad SMARTS) is 1. The number of carbonyl (C=O) groups is 2. The molecule has 0 radical (unpaired) electrons. The molecule has 0 aliphatic carbocycles. The zero-order valence-corrected chi connectivity index (χ0v) is 15.2. The first-order valence-electron chi connectivity index (χ1n) is 8.94. The lowest BCUT2D eigenvalue weighted by molar-refractivity contribution is -0.141. The third-order valence-corrected chi connectivity index (χ3v) is 4.64. The third kappa shape index (κ3) is 4.97. The van der Waals surface area contributed by atoms with Crippen molar-refractivity contribution < 1.29 is 19.4 Å². The van der Waals surface area contributed by atoms with Gasteiger partial charge in [0, 0.05) is 19.3 Å². The molecule has 142 valence electrons. The fourth-order valence-corrected chi connectivity index (χ4v) is 3.02. The molecule has 1 fully saturated rings. The number of hydrogen-bond donors (Lipinski definition) is 2. The van der Waals surface area contributed by atoms with E-state index < -0.39 is 11.9 Å². The number of nitrogens with one attached hydrogen (secondary N) is 1. The lowest BCUT2D eigenvalue weighted by Crippen LogP contribution is -2.40. The number of aromatic nitrogens is 1. The fourth-order valence-electron chi connectivity index (χ4n) is 3.02. The number of aliphatic carboxylic acids is 1. The van der Waals surface area contributed by atoms with Crippen LogP contribution < -0.4 is 10.1 Å². The molecule has 2 N–H and O–H groups in total. The van der Waals surface area contributed by atoms with Gasteiger partial charge in [-0.1, -0.05) is 18.2 Å². The standard InChI is InChI=1S/C20H23N3O4/c1-14(22-20(26)23-10-8-16(12-23)19(24)25)15-5-4-7-18(11-15)27-13-17-6-2-3-9-21-17/h2-7,9,11,14,16H,8,10,12-13H2,1H3,(H,22,26)(H,24,25). The molecule has 27 heavy (non-hydrogen) atoms. The zero-order valence-electron chi connectivity index (χ0n) is 15.2. The van der Waals surface area contributed by atoms with E-state index >= 15 is 0 Å². The number of carboxylic acids is 1. The Morgan fingerprint density at radius 2 is 2.19 bits per heavy atom. The van der Waals surface area contributed by atoms with Crippen LogP contribution in [0.4, 0.5) is 4.79 Å². The van der Waals surface area contributed by atoms with Gasteiger partial charge in [-0.2, -0.15) is 0 Å². The molecule has 2 unspecified atom stereocenters. The highest BCUT2D eigenvalue weighted by Crippen LogP contribution is 2.21. The second-order valence-electron chi connectivity index (χ2n) is 6.62. The molecule has 2 atom stereocenters. The van der Waals surface area contributed by atoms with Crippen molar-refractivity contribution in [1.82, 2.24) is 15.2 Å². The van der Waals surface area contributed by atoms with Gasteiger partial charge in [-0.15, -0.1) is 0 Å². The Morgan fingerprint density at radius 3 is 2.89 bits per heavy atom. The SMILES string of the molecule is CC(NC(=O)N1CCC(C(=O)O)C1)c1cccc(OCc2ccccn2)c1. The molecule has 0 spiro atoms. The molecule has 7 nitrogen and oxygen atoms in total. The van der Waals surface area contributed by atoms with Gasteiger partial charge in [0.15, 0.2) is 0 Å². The molecule has 1 aliphatic rings. The van der Waals surface area contributed by atoms with Crippen LogP contribution in [0.1, 0.15) is 30.6 Å². The van der Waals surface area contributed by atoms with Crippen LogP contribution in [0.3, 0.4) is 0 Å². The van der Waals surface area contributed by atoms with Crippen molar-refractivity contribution in [1.29, 1.82) is 0 Å². The third-order valence-electron chi connectivity index (χ3n) is 4.64. The van der Waals surface area contributed by atoms with Crippen LogP contribution in [0.2, 0.25) is 0 Å². The van der Waals surface area contributed by atoms with Gasteiger partial charge in [0.25, 0.3) is 0 Å². The van der Waals surface area contributed by atoms with Crippen molar-refractivity contribution in [3.05, 3.63) is 59.9 Å². The average molecular weight is 369 g/mol. The summed E-state index contributed by atoms with van der Waals surface area (Å²) < 4.78 is 5.78. The second-order valence-corrected chi connectivity index (χ2v) is 6.62. The van der Waals surface area contributed by atoms with Crippen LogP contribution in [-0.2, 0) is 11.4 Å². The topological polar surface area (TPSA) is 91.8 Å². The zero-order chi connectivity index (χ0) is 19.2. The van der Waals surface area contributed by atoms with Crippen molar-refractivity contribution in [2.75, 3.05) is 13.1 Å². The first kappa shape index (κ1) is 18.7. The minimum atomic E-state index is -0.851. The highest BCUT2D eigenvalue weighted by molar-refractivity contribution is 5.77. The maximum absolute atomic E-state index is 12.4. The fraction of sp³-hybridized carbons (Fsp3) is 0.350. The summed E-state index contributed by atoms with van der Waals surface area (Å²) in [7, 11) is 0. The van der Waals surface area contributed by atoms with Gasteiger partial charge >= 0.3 is 12.0 Å². The molecule has 2 heterocycles. The first-order chi connectivity index (χ1) is 13.0. The minimum absolute atomic E-state index is 0.222. The number of carbonyl (C=O) groups excluding carboxylic acids is 1. The molecule has 1 aliphatic heterocycles. The molecular weight excluding hydrogens is 346 g/mol. The Hall–Kier alpha value is -3.09. The van der Waals surface area contributed by atoms with Crippen LogP contribution in [0.5, 0.6) is 5.75 Å². The molecule has 3 rings (SSSR count). The number of benzene rings is 1. The number of hydrogen-bond acceptors (Lipinski definition) is 4. The summed E-state index contributed by atoms with van der Waals surface area (Å²) in [4.78, 5) is 29.2. The molecule has 1 aromatic carbocycles. The summed E-state index contributed by atoms with van der Waals surface area (Å²) in [6, 6.07) is 12.7. The van der Waals surface area contributed by atoms with E-state index in [9.17, 15) is 9.59 Å². The molecular formula is C20H23N3O4. The number of rotatable bonds is 6. The average Bonchev–Trinajstić information content (AvgIpc) is 3.18. The highest BCUT2D eigenvalue weighted by atomic mass is 16.5. The molecule has 1 aromatic heterocycles. The van der Waals surface area contributed by atoms with Crippen molar-refractivity contribution in [2.24, 2.45) is 5.92 Å². The van der Waals surface area contributed by atoms with Gasteiger partial charge in [-0.05, 0) is 43.2 Å². The summed E-state index contributed by atoms with van der Waals surface area (Å²) in [5, 5.41) is 12.0. The number of urea groups is 1. The molecule has 7 heteroatoms. The molecule has 1 saturated heterocycles. The van der Waals surface area contributed by atoms with Crippen LogP contribution in [0.15, 0.2) is 48.7 Å². The molecule has 2 aromatic rings. The highest BCUT2D eigenvalue weighted by Gasteiger charge is 2.31. The summed E-state index contributed by atoms with van der Waals surface area (Å²) in [6.45, 7) is 2.97. The number of nitrogens with zero attached hydrogens (tertiary/aromatic N) is 2. The van der Waals surface area contributed by atoms with E-state index in [1.807, 2.05) is 49.4 Å². The summed E-state index contributed by atoms with van der Waals surface area (Å²) in [5.41, 5.74) is 1.75. The van der Waals surface area contributed by atoms with Crippen LogP contribution in [-0.4, -0.2) is 40.1 Å². The predicted octanol–water partition coefficient (Wildman–Crippen LogP) is 2.84. The van der Waals surface area contributed by atoms with Gasteiger partial charge in [-0.3, -0.25) is 9.78 Å². The molecule has 0 saturated carbocycles. The maximum atomic E-state index is 12.4. The van der Waals surface area contributed by atoms with E-state index in [0.29, 0.717) is 25.3 Å². The van der Waals surface area contributed by atoms with Gasteiger partial charge in [0.2, 0.25) is 0 Å². The number of pyridine rings is 1. The van der Waals surface area contributed by atoms with E-state index in [2.05, 4.69) is 10.3 Å². The Kier molecular flexibility index (Phi) is 5.90. The van der Waals surface area contributed by atoms with Crippen LogP contribution >= 0.6 is 0 Å². The van der Waals surface area contributed by atoms with E-state index in [-0.39, 0.29) is 18.6 Å². The number of likely N-dealkylation sites (tertiary alicyclic amines) is 1. The summed E-state index contributed by atoms with van der Waals surface area (Å²) >= 11 is 0. The molecule has 0 bridgehead atoms. The van der Waals surface area contributed by atoms with E-state index in [0.717, 1.165) is 11.3 Å². The molecule has 2 amide bonds. The van der Waals surface area contributed by atoms with Gasteiger partial charge < -0.3 is 20.1 Å². The van der Waals surface area contributed by atoms with E-state index in [1.165, 1.54) is 0 Å². The number of ether oxygens (including phenoxy) is 1. The van der Waals surface area contributed by atoms with Crippen LogP contribution in [0.25, 0.3) is 0 Å². The van der Waals surface area contributed by atoms with E-state index in [1.54, 1.807) is 11.1 Å². The first-order valence-corrected chi connectivity index (χ1v) is 8.94. The minimum Gasteiger partial charge on any atom is -0.487 e. The second kappa shape index (κ2) is 8.53. The lowest BCUT2D eigenvalue weighted by atomic mass is 10.1. The largest absolute Gasteiger partial charge is 0.487 e. The van der Waals surface area contributed by atoms with Crippen molar-refractivity contribution in [3.63, 3.8) is 0 Å². The Morgan fingerprint density at radius 1 is 1.33 bits per heavy atom. The lowest BCUT2D eigenvalue weighted by Gasteiger charge is -2.21. The predicted molar refractivity (Wildman–Crippen MR) is 99.3 cm³/mol. The summed E-state index contributed by atoms with van der Waals surface area (Å²) in [5.74, 6) is -0.628. The van der Waals surface area contributed by atoms with Gasteiger partial charge in [-0.25, -0.2) is 4.79 Å². The van der Waals surface area contributed by atoms with Crippen molar-refractivity contribution in [2.45, 2.75) is 26.0 Å². The Bertz CT molecular complexity index is 797. The normalized spacial score (nSPS) is 17.4. The van der Waals surface area contributed by atoms with Gasteiger partial charge in [0.05, 0.1) is 17.7 Å².